The number of methoxy groups -OCH3 is 1. The lowest BCUT2D eigenvalue weighted by Crippen LogP contribution is -2.33. The number of rotatable bonds is 8. The van der Waals surface area contributed by atoms with Crippen LogP contribution in [0.3, 0.4) is 0 Å². The Bertz CT molecular complexity index is 748. The molecule has 1 unspecified atom stereocenters. The predicted octanol–water partition coefficient (Wildman–Crippen LogP) is 3.91. The molecule has 0 heterocycles. The summed E-state index contributed by atoms with van der Waals surface area (Å²) in [7, 11) is 1.58. The fourth-order valence-electron chi connectivity index (χ4n) is 2.33. The molecule has 0 aliphatic rings. The molecular weight excluding hydrogens is 386 g/mol. The van der Waals surface area contributed by atoms with Crippen molar-refractivity contribution in [3.63, 3.8) is 0 Å². The SMILES string of the molecule is COc1cc(CNC(C)C(=O)O)cc(Br)c1OCc1cccc(C)c1. The first kappa shape index (κ1) is 19.3. The van der Waals surface area contributed by atoms with Crippen LogP contribution >= 0.6 is 15.9 Å². The number of ether oxygens (including phenoxy) is 2. The molecule has 25 heavy (non-hydrogen) atoms. The second-order valence-electron chi connectivity index (χ2n) is 5.83. The van der Waals surface area contributed by atoms with Crippen LogP contribution in [0.2, 0.25) is 0 Å². The van der Waals surface area contributed by atoms with Crippen molar-refractivity contribution in [1.29, 1.82) is 0 Å². The molecule has 2 aromatic rings. The zero-order valence-corrected chi connectivity index (χ0v) is 16.1. The van der Waals surface area contributed by atoms with Crippen LogP contribution in [0.1, 0.15) is 23.6 Å². The molecule has 0 aliphatic heterocycles. The molecule has 0 bridgehead atoms. The average Bonchev–Trinajstić information content (AvgIpc) is 2.58. The van der Waals surface area contributed by atoms with Gasteiger partial charge in [-0.2, -0.15) is 0 Å². The van der Waals surface area contributed by atoms with E-state index in [0.717, 1.165) is 15.6 Å². The highest BCUT2D eigenvalue weighted by molar-refractivity contribution is 9.10. The molecule has 2 rings (SSSR count). The number of halogens is 1. The number of carboxylic acids is 1. The highest BCUT2D eigenvalue weighted by Crippen LogP contribution is 2.37. The summed E-state index contributed by atoms with van der Waals surface area (Å²) in [6.45, 7) is 4.50. The van der Waals surface area contributed by atoms with Gasteiger partial charge in [0.05, 0.1) is 11.6 Å². The maximum Gasteiger partial charge on any atom is 0.320 e. The van der Waals surface area contributed by atoms with Crippen molar-refractivity contribution in [3.8, 4) is 11.5 Å². The summed E-state index contributed by atoms with van der Waals surface area (Å²) in [5, 5.41) is 11.9. The standard InChI is InChI=1S/C19H22BrNO4/c1-12-5-4-6-14(7-12)11-25-18-16(20)8-15(9-17(18)24-3)10-21-13(2)19(22)23/h4-9,13,21H,10-11H2,1-3H3,(H,22,23). The smallest absolute Gasteiger partial charge is 0.320 e. The molecule has 0 saturated heterocycles. The third-order valence-corrected chi connectivity index (χ3v) is 4.33. The second kappa shape index (κ2) is 8.87. The Kier molecular flexibility index (Phi) is 6.84. The predicted molar refractivity (Wildman–Crippen MR) is 100 cm³/mol. The number of nitrogens with one attached hydrogen (secondary N) is 1. The van der Waals surface area contributed by atoms with Crippen LogP contribution in [0.4, 0.5) is 0 Å². The van der Waals surface area contributed by atoms with E-state index < -0.39 is 12.0 Å². The van der Waals surface area contributed by atoms with E-state index in [1.54, 1.807) is 14.0 Å². The molecule has 2 N–H and O–H groups in total. The third-order valence-electron chi connectivity index (χ3n) is 3.74. The van der Waals surface area contributed by atoms with Crippen molar-refractivity contribution >= 4 is 21.9 Å². The number of benzene rings is 2. The highest BCUT2D eigenvalue weighted by Gasteiger charge is 2.14. The van der Waals surface area contributed by atoms with E-state index in [1.165, 1.54) is 5.56 Å². The molecule has 5 nitrogen and oxygen atoms in total. The Labute approximate surface area is 156 Å². The van der Waals surface area contributed by atoms with Gasteiger partial charge in [0.1, 0.15) is 12.6 Å². The van der Waals surface area contributed by atoms with Crippen molar-refractivity contribution in [2.45, 2.75) is 33.0 Å². The number of carbonyl (C=O) groups is 1. The van der Waals surface area contributed by atoms with Crippen molar-refractivity contribution in [3.05, 3.63) is 57.6 Å². The third kappa shape index (κ3) is 5.47. The fraction of sp³-hybridized carbons (Fsp3) is 0.316. The van der Waals surface area contributed by atoms with Gasteiger partial charge in [0, 0.05) is 6.54 Å². The van der Waals surface area contributed by atoms with Crippen molar-refractivity contribution < 1.29 is 19.4 Å². The molecule has 134 valence electrons. The zero-order valence-electron chi connectivity index (χ0n) is 14.5. The molecule has 1 atom stereocenters. The van der Waals surface area contributed by atoms with Crippen molar-refractivity contribution in [1.82, 2.24) is 5.32 Å². The first-order valence-electron chi connectivity index (χ1n) is 7.91. The van der Waals surface area contributed by atoms with Crippen molar-refractivity contribution in [2.24, 2.45) is 0 Å². The highest BCUT2D eigenvalue weighted by atomic mass is 79.9. The van der Waals surface area contributed by atoms with E-state index in [1.807, 2.05) is 37.3 Å². The number of hydrogen-bond acceptors (Lipinski definition) is 4. The summed E-state index contributed by atoms with van der Waals surface area (Å²) < 4.78 is 12.1. The maximum absolute atomic E-state index is 10.9. The molecule has 6 heteroatoms. The Morgan fingerprint density at radius 2 is 2.04 bits per heavy atom. The second-order valence-corrected chi connectivity index (χ2v) is 6.68. The summed E-state index contributed by atoms with van der Waals surface area (Å²) in [6, 6.07) is 11.2. The van der Waals surface area contributed by atoms with E-state index in [9.17, 15) is 4.79 Å². The fourth-order valence-corrected chi connectivity index (χ4v) is 2.93. The molecule has 0 fully saturated rings. The van der Waals surface area contributed by atoms with Gasteiger partial charge in [-0.05, 0) is 53.0 Å². The van der Waals surface area contributed by atoms with Gasteiger partial charge in [-0.15, -0.1) is 0 Å². The molecule has 0 spiro atoms. The summed E-state index contributed by atoms with van der Waals surface area (Å²) in [6.07, 6.45) is 0. The molecule has 0 aromatic heterocycles. The van der Waals surface area contributed by atoms with Crippen LogP contribution in [0.5, 0.6) is 11.5 Å². The zero-order chi connectivity index (χ0) is 18.4. The first-order valence-corrected chi connectivity index (χ1v) is 8.71. The van der Waals surface area contributed by atoms with E-state index in [0.29, 0.717) is 24.7 Å². The summed E-state index contributed by atoms with van der Waals surface area (Å²) in [4.78, 5) is 10.9. The van der Waals surface area contributed by atoms with Gasteiger partial charge in [-0.25, -0.2) is 0 Å². The number of hydrogen-bond donors (Lipinski definition) is 2. The van der Waals surface area contributed by atoms with E-state index in [2.05, 4.69) is 27.3 Å². The van der Waals surface area contributed by atoms with E-state index in [-0.39, 0.29) is 0 Å². The van der Waals surface area contributed by atoms with Gasteiger partial charge in [-0.3, -0.25) is 4.79 Å². The van der Waals surface area contributed by atoms with Gasteiger partial charge < -0.3 is 19.9 Å². The Balaban J connectivity index is 2.12. The van der Waals surface area contributed by atoms with Crippen LogP contribution in [-0.4, -0.2) is 24.2 Å². The summed E-state index contributed by atoms with van der Waals surface area (Å²) in [5.74, 6) is 0.338. The minimum absolute atomic E-state index is 0.417. The molecular formula is C19H22BrNO4. The molecule has 0 radical (unpaired) electrons. The normalized spacial score (nSPS) is 11.8. The van der Waals surface area contributed by atoms with Gasteiger partial charge in [0.2, 0.25) is 0 Å². The van der Waals surface area contributed by atoms with Gasteiger partial charge >= 0.3 is 5.97 Å². The average molecular weight is 408 g/mol. The van der Waals surface area contributed by atoms with Crippen molar-refractivity contribution in [2.75, 3.05) is 7.11 Å². The van der Waals surface area contributed by atoms with Gasteiger partial charge in [-0.1, -0.05) is 29.8 Å². The lowest BCUT2D eigenvalue weighted by molar-refractivity contribution is -0.139. The van der Waals surface area contributed by atoms with E-state index in [4.69, 9.17) is 14.6 Å². The number of aliphatic carboxylic acids is 1. The first-order chi connectivity index (χ1) is 11.9. The topological polar surface area (TPSA) is 67.8 Å². The summed E-state index contributed by atoms with van der Waals surface area (Å²) in [5.41, 5.74) is 3.16. The van der Waals surface area contributed by atoms with E-state index >= 15 is 0 Å². The van der Waals surface area contributed by atoms with Crippen LogP contribution in [0.15, 0.2) is 40.9 Å². The monoisotopic (exact) mass is 407 g/mol. The Hall–Kier alpha value is -2.05. The minimum atomic E-state index is -0.885. The van der Waals surface area contributed by atoms with Gasteiger partial charge in [0.25, 0.3) is 0 Å². The van der Waals surface area contributed by atoms with Crippen LogP contribution in [-0.2, 0) is 17.9 Å². The minimum Gasteiger partial charge on any atom is -0.493 e. The van der Waals surface area contributed by atoms with Crippen LogP contribution < -0.4 is 14.8 Å². The lowest BCUT2D eigenvalue weighted by Gasteiger charge is -2.16. The molecule has 0 saturated carbocycles. The molecule has 0 aliphatic carbocycles. The number of carboxylic acid groups (broad SMARTS) is 1. The number of aryl methyl sites for hydroxylation is 1. The molecule has 2 aromatic carbocycles. The molecule has 0 amide bonds. The largest absolute Gasteiger partial charge is 0.493 e. The quantitative estimate of drug-likeness (QED) is 0.694. The van der Waals surface area contributed by atoms with Gasteiger partial charge in [0.15, 0.2) is 11.5 Å². The maximum atomic E-state index is 10.9. The Morgan fingerprint density at radius 3 is 2.68 bits per heavy atom. The summed E-state index contributed by atoms with van der Waals surface area (Å²) >= 11 is 3.51. The van der Waals surface area contributed by atoms with Crippen LogP contribution in [0.25, 0.3) is 0 Å². The lowest BCUT2D eigenvalue weighted by atomic mass is 10.1. The Morgan fingerprint density at radius 1 is 1.28 bits per heavy atom. The van der Waals surface area contributed by atoms with Crippen LogP contribution in [0, 0.1) is 6.92 Å².